The topological polar surface area (TPSA) is 17.1 Å². The van der Waals surface area contributed by atoms with Crippen molar-refractivity contribution in [2.75, 3.05) is 0 Å². The molecule has 0 radical (unpaired) electrons. The van der Waals surface area contributed by atoms with Gasteiger partial charge in [0, 0.05) is 16.7 Å². The van der Waals surface area contributed by atoms with Gasteiger partial charge in [0.1, 0.15) is 5.78 Å². The first kappa shape index (κ1) is 11.7. The van der Waals surface area contributed by atoms with E-state index in [9.17, 15) is 4.79 Å². The number of carbonyl (C=O) groups is 1. The molecule has 14 heavy (non-hydrogen) atoms. The lowest BCUT2D eigenvalue weighted by molar-refractivity contribution is -0.126. The predicted octanol–water partition coefficient (Wildman–Crippen LogP) is 3.95. The van der Waals surface area contributed by atoms with Crippen molar-refractivity contribution in [2.24, 2.45) is 5.41 Å². The fraction of sp³-hybridized carbons (Fsp3) is 0.545. The number of thiophene rings is 1. The molecule has 3 heteroatoms. The smallest absolute Gasteiger partial charge is 0.143 e. The largest absolute Gasteiger partial charge is 0.299 e. The lowest BCUT2D eigenvalue weighted by atomic mass is 9.84. The summed E-state index contributed by atoms with van der Waals surface area (Å²) in [5.41, 5.74) is -0.212. The van der Waals surface area contributed by atoms with E-state index >= 15 is 0 Å². The highest BCUT2D eigenvalue weighted by Crippen LogP contribution is 2.27. The number of rotatable bonds is 4. The van der Waals surface area contributed by atoms with Gasteiger partial charge in [0.05, 0.1) is 4.34 Å². The summed E-state index contributed by atoms with van der Waals surface area (Å²) in [4.78, 5) is 12.9. The van der Waals surface area contributed by atoms with Crippen LogP contribution in [0.25, 0.3) is 0 Å². The van der Waals surface area contributed by atoms with E-state index in [1.165, 1.54) is 11.3 Å². The van der Waals surface area contributed by atoms with E-state index in [0.717, 1.165) is 15.6 Å². The van der Waals surface area contributed by atoms with Crippen molar-refractivity contribution in [1.29, 1.82) is 0 Å². The molecule has 0 aliphatic carbocycles. The number of carbonyl (C=O) groups excluding carboxylic acids is 1. The summed E-state index contributed by atoms with van der Waals surface area (Å²) in [6.07, 6.45) is 1.39. The first-order valence-corrected chi connectivity index (χ1v) is 5.92. The highest BCUT2D eigenvalue weighted by Gasteiger charge is 2.25. The molecule has 1 heterocycles. The Hall–Kier alpha value is -0.340. The SMILES string of the molecule is CCC(C)(C)C(=O)Cc1ccc(Cl)s1. The number of hydrogen-bond donors (Lipinski definition) is 0. The maximum absolute atomic E-state index is 11.8. The summed E-state index contributed by atoms with van der Waals surface area (Å²) in [5.74, 6) is 0.290. The van der Waals surface area contributed by atoms with Crippen molar-refractivity contribution in [2.45, 2.75) is 33.6 Å². The monoisotopic (exact) mass is 230 g/mol. The van der Waals surface area contributed by atoms with Crippen LogP contribution >= 0.6 is 22.9 Å². The molecule has 1 rings (SSSR count). The van der Waals surface area contributed by atoms with Gasteiger partial charge < -0.3 is 0 Å². The molecule has 1 aromatic rings. The van der Waals surface area contributed by atoms with Gasteiger partial charge in [-0.1, -0.05) is 32.4 Å². The molecule has 0 spiro atoms. The third-order valence-corrected chi connectivity index (χ3v) is 3.83. The summed E-state index contributed by atoms with van der Waals surface area (Å²) < 4.78 is 0.752. The molecule has 0 unspecified atom stereocenters. The van der Waals surface area contributed by atoms with Crippen LogP contribution in [0.15, 0.2) is 12.1 Å². The molecule has 0 atom stereocenters. The van der Waals surface area contributed by atoms with E-state index < -0.39 is 0 Å². The first-order chi connectivity index (χ1) is 6.45. The van der Waals surface area contributed by atoms with Crippen LogP contribution in [0, 0.1) is 5.41 Å². The van der Waals surface area contributed by atoms with E-state index in [4.69, 9.17) is 11.6 Å². The zero-order valence-electron chi connectivity index (χ0n) is 8.76. The molecule has 0 aromatic carbocycles. The Morgan fingerprint density at radius 2 is 2.14 bits per heavy atom. The van der Waals surface area contributed by atoms with Gasteiger partial charge >= 0.3 is 0 Å². The fourth-order valence-corrected chi connectivity index (χ4v) is 2.13. The van der Waals surface area contributed by atoms with Gasteiger partial charge in [0.25, 0.3) is 0 Å². The van der Waals surface area contributed by atoms with Gasteiger partial charge in [-0.3, -0.25) is 4.79 Å². The molecule has 0 aliphatic rings. The van der Waals surface area contributed by atoms with Crippen LogP contribution in [-0.4, -0.2) is 5.78 Å². The summed E-state index contributed by atoms with van der Waals surface area (Å²) >= 11 is 7.29. The fourth-order valence-electron chi connectivity index (χ4n) is 1.04. The second kappa shape index (κ2) is 4.45. The third kappa shape index (κ3) is 2.82. The Morgan fingerprint density at radius 1 is 1.50 bits per heavy atom. The number of halogens is 1. The molecule has 0 saturated heterocycles. The minimum Gasteiger partial charge on any atom is -0.299 e. The van der Waals surface area contributed by atoms with Crippen LogP contribution in [0.5, 0.6) is 0 Å². The lowest BCUT2D eigenvalue weighted by Gasteiger charge is -2.20. The minimum absolute atomic E-state index is 0.212. The molecular formula is C11H15ClOS. The standard InChI is InChI=1S/C11H15ClOS/c1-4-11(2,3)9(13)7-8-5-6-10(12)14-8/h5-6H,4,7H2,1-3H3. The number of ketones is 1. The van der Waals surface area contributed by atoms with Crippen LogP contribution < -0.4 is 0 Å². The molecule has 78 valence electrons. The normalized spacial score (nSPS) is 11.7. The Labute approximate surface area is 94.1 Å². The maximum atomic E-state index is 11.8. The average molecular weight is 231 g/mol. The number of Topliss-reactive ketones (excluding diaryl/α,β-unsaturated/α-hetero) is 1. The van der Waals surface area contributed by atoms with Gasteiger partial charge in [-0.2, -0.15) is 0 Å². The quantitative estimate of drug-likeness (QED) is 0.766. The molecule has 1 aromatic heterocycles. The van der Waals surface area contributed by atoms with E-state index in [1.807, 2.05) is 32.9 Å². The minimum atomic E-state index is -0.212. The molecule has 0 fully saturated rings. The van der Waals surface area contributed by atoms with Crippen LogP contribution in [0.2, 0.25) is 4.34 Å². The molecular weight excluding hydrogens is 216 g/mol. The summed E-state index contributed by atoms with van der Waals surface area (Å²) in [7, 11) is 0. The van der Waals surface area contributed by atoms with Gasteiger partial charge in [0.2, 0.25) is 0 Å². The van der Waals surface area contributed by atoms with Crippen LogP contribution in [0.4, 0.5) is 0 Å². The first-order valence-electron chi connectivity index (χ1n) is 4.73. The van der Waals surface area contributed by atoms with Crippen molar-refractivity contribution in [3.05, 3.63) is 21.3 Å². The van der Waals surface area contributed by atoms with Gasteiger partial charge in [-0.05, 0) is 18.6 Å². The van der Waals surface area contributed by atoms with Crippen LogP contribution in [-0.2, 0) is 11.2 Å². The second-order valence-corrected chi connectivity index (χ2v) is 5.84. The van der Waals surface area contributed by atoms with Gasteiger partial charge in [0.15, 0.2) is 0 Å². The van der Waals surface area contributed by atoms with E-state index in [-0.39, 0.29) is 5.41 Å². The second-order valence-electron chi connectivity index (χ2n) is 4.04. The lowest BCUT2D eigenvalue weighted by Crippen LogP contribution is -2.24. The summed E-state index contributed by atoms with van der Waals surface area (Å²) in [5, 5.41) is 0. The molecule has 0 saturated carbocycles. The molecule has 0 aliphatic heterocycles. The van der Waals surface area contributed by atoms with Crippen LogP contribution in [0.3, 0.4) is 0 Å². The maximum Gasteiger partial charge on any atom is 0.143 e. The molecule has 0 N–H and O–H groups in total. The van der Waals surface area contributed by atoms with Crippen molar-refractivity contribution in [3.8, 4) is 0 Å². The zero-order valence-corrected chi connectivity index (χ0v) is 10.3. The highest BCUT2D eigenvalue weighted by molar-refractivity contribution is 7.16. The van der Waals surface area contributed by atoms with E-state index in [2.05, 4.69) is 0 Å². The Balaban J connectivity index is 2.66. The van der Waals surface area contributed by atoms with E-state index in [0.29, 0.717) is 12.2 Å². The van der Waals surface area contributed by atoms with Crippen molar-refractivity contribution in [3.63, 3.8) is 0 Å². The highest BCUT2D eigenvalue weighted by atomic mass is 35.5. The van der Waals surface area contributed by atoms with Gasteiger partial charge in [-0.25, -0.2) is 0 Å². The predicted molar refractivity (Wildman–Crippen MR) is 62.1 cm³/mol. The van der Waals surface area contributed by atoms with Gasteiger partial charge in [-0.15, -0.1) is 11.3 Å². The molecule has 1 nitrogen and oxygen atoms in total. The van der Waals surface area contributed by atoms with Crippen molar-refractivity contribution >= 4 is 28.7 Å². The number of hydrogen-bond acceptors (Lipinski definition) is 2. The van der Waals surface area contributed by atoms with Crippen LogP contribution in [0.1, 0.15) is 32.1 Å². The summed E-state index contributed by atoms with van der Waals surface area (Å²) in [6.45, 7) is 6.02. The molecule has 0 amide bonds. The summed E-state index contributed by atoms with van der Waals surface area (Å²) in [6, 6.07) is 3.77. The third-order valence-electron chi connectivity index (χ3n) is 2.60. The Bertz CT molecular complexity index is 328. The van der Waals surface area contributed by atoms with E-state index in [1.54, 1.807) is 0 Å². The Morgan fingerprint density at radius 3 is 2.57 bits per heavy atom. The van der Waals surface area contributed by atoms with Crippen molar-refractivity contribution < 1.29 is 4.79 Å². The van der Waals surface area contributed by atoms with Crippen molar-refractivity contribution in [1.82, 2.24) is 0 Å². The average Bonchev–Trinajstić information content (AvgIpc) is 2.51. The molecule has 0 bridgehead atoms. The Kier molecular flexibility index (Phi) is 3.73. The zero-order chi connectivity index (χ0) is 10.8.